The Morgan fingerprint density at radius 2 is 2.17 bits per heavy atom. The average molecular weight is 246 g/mol. The van der Waals surface area contributed by atoms with Crippen LogP contribution < -0.4 is 10.1 Å². The molecule has 0 bridgehead atoms. The minimum Gasteiger partial charge on any atom is -0.496 e. The lowest BCUT2D eigenvalue weighted by Crippen LogP contribution is -2.13. The molecule has 4 nitrogen and oxygen atoms in total. The number of aromatic nitrogens is 1. The molecule has 2 rings (SSSR count). The molecule has 0 aliphatic heterocycles. The average Bonchev–Trinajstić information content (AvgIpc) is 2.88. The lowest BCUT2D eigenvalue weighted by atomic mass is 10.1. The molecule has 0 aliphatic carbocycles. The minimum absolute atomic E-state index is 0.729. The summed E-state index contributed by atoms with van der Waals surface area (Å²) in [5.74, 6) is 1.53. The summed E-state index contributed by atoms with van der Waals surface area (Å²) in [6.45, 7) is 3.85. The van der Waals surface area contributed by atoms with Crippen molar-refractivity contribution in [2.45, 2.75) is 19.9 Å². The summed E-state index contributed by atoms with van der Waals surface area (Å²) in [4.78, 5) is 0. The maximum atomic E-state index is 5.35. The van der Waals surface area contributed by atoms with Crippen molar-refractivity contribution < 1.29 is 9.26 Å². The van der Waals surface area contributed by atoms with Gasteiger partial charge in [-0.3, -0.25) is 0 Å². The molecule has 2 aromatic rings. The first-order valence-corrected chi connectivity index (χ1v) is 6.15. The number of hydrogen-bond acceptors (Lipinski definition) is 4. The Hall–Kier alpha value is -1.81. The number of ether oxygens (including phenoxy) is 1. The zero-order chi connectivity index (χ0) is 12.8. The molecule has 0 atom stereocenters. The molecule has 1 aromatic heterocycles. The van der Waals surface area contributed by atoms with Gasteiger partial charge in [0.05, 0.1) is 18.4 Å². The number of hydrogen-bond donors (Lipinski definition) is 1. The monoisotopic (exact) mass is 246 g/mol. The Balaban J connectivity index is 2.13. The molecule has 0 unspecified atom stereocenters. The third kappa shape index (κ3) is 2.90. The lowest BCUT2D eigenvalue weighted by Gasteiger charge is -2.03. The summed E-state index contributed by atoms with van der Waals surface area (Å²) in [7, 11) is 1.65. The molecule has 0 saturated heterocycles. The van der Waals surface area contributed by atoms with Crippen molar-refractivity contribution in [3.8, 4) is 17.1 Å². The predicted molar refractivity (Wildman–Crippen MR) is 70.5 cm³/mol. The highest BCUT2D eigenvalue weighted by atomic mass is 16.5. The summed E-state index contributed by atoms with van der Waals surface area (Å²) >= 11 is 0. The topological polar surface area (TPSA) is 47.3 Å². The van der Waals surface area contributed by atoms with E-state index >= 15 is 0 Å². The molecular weight excluding hydrogens is 228 g/mol. The van der Waals surface area contributed by atoms with Gasteiger partial charge in [-0.15, -0.1) is 0 Å². The zero-order valence-corrected chi connectivity index (χ0v) is 10.8. The van der Waals surface area contributed by atoms with E-state index in [0.29, 0.717) is 0 Å². The second-order valence-electron chi connectivity index (χ2n) is 4.06. The van der Waals surface area contributed by atoms with Crippen LogP contribution in [0.5, 0.6) is 5.75 Å². The number of methoxy groups -OCH3 is 1. The van der Waals surface area contributed by atoms with Crippen LogP contribution in [0.15, 0.2) is 34.9 Å². The van der Waals surface area contributed by atoms with E-state index in [1.165, 1.54) is 0 Å². The van der Waals surface area contributed by atoms with Gasteiger partial charge >= 0.3 is 0 Å². The number of nitrogens with one attached hydrogen (secondary N) is 1. The molecule has 4 heteroatoms. The fraction of sp³-hybridized carbons (Fsp3) is 0.357. The number of nitrogens with zero attached hydrogens (tertiary/aromatic N) is 1. The van der Waals surface area contributed by atoms with Gasteiger partial charge < -0.3 is 14.6 Å². The number of rotatable bonds is 6. The standard InChI is InChI=1S/C14H18N2O2/c1-3-8-15-10-11-9-14(18-16-11)12-6-4-5-7-13(12)17-2/h4-7,9,15H,3,8,10H2,1-2H3. The van der Waals surface area contributed by atoms with Gasteiger partial charge in [-0.1, -0.05) is 24.2 Å². The van der Waals surface area contributed by atoms with Gasteiger partial charge in [0.2, 0.25) is 0 Å². The van der Waals surface area contributed by atoms with Gasteiger partial charge in [0.1, 0.15) is 5.75 Å². The van der Waals surface area contributed by atoms with Gasteiger partial charge in [0, 0.05) is 12.6 Å². The molecule has 0 amide bonds. The Kier molecular flexibility index (Phi) is 4.36. The van der Waals surface area contributed by atoms with Gasteiger partial charge in [0.25, 0.3) is 0 Å². The van der Waals surface area contributed by atoms with Crippen LogP contribution in [0.1, 0.15) is 19.0 Å². The molecule has 0 saturated carbocycles. The first-order valence-electron chi connectivity index (χ1n) is 6.15. The van der Waals surface area contributed by atoms with E-state index in [4.69, 9.17) is 9.26 Å². The first-order chi connectivity index (χ1) is 8.85. The molecule has 1 heterocycles. The molecule has 0 aliphatic rings. The summed E-state index contributed by atoms with van der Waals surface area (Å²) in [5.41, 5.74) is 1.83. The van der Waals surface area contributed by atoms with Crippen LogP contribution in [0, 0.1) is 0 Å². The maximum Gasteiger partial charge on any atom is 0.170 e. The Labute approximate surface area is 107 Å². The summed E-state index contributed by atoms with van der Waals surface area (Å²) in [6.07, 6.45) is 1.11. The van der Waals surface area contributed by atoms with Crippen molar-refractivity contribution in [2.24, 2.45) is 0 Å². The second-order valence-corrected chi connectivity index (χ2v) is 4.06. The van der Waals surface area contributed by atoms with Crippen LogP contribution in [0.3, 0.4) is 0 Å². The van der Waals surface area contributed by atoms with Gasteiger partial charge in [-0.05, 0) is 25.1 Å². The Morgan fingerprint density at radius 1 is 1.33 bits per heavy atom. The van der Waals surface area contributed by atoms with Crippen molar-refractivity contribution in [1.82, 2.24) is 10.5 Å². The van der Waals surface area contributed by atoms with Crippen LogP contribution in [0.25, 0.3) is 11.3 Å². The van der Waals surface area contributed by atoms with Crippen LogP contribution in [-0.2, 0) is 6.54 Å². The van der Waals surface area contributed by atoms with Crippen molar-refractivity contribution >= 4 is 0 Å². The minimum atomic E-state index is 0.729. The van der Waals surface area contributed by atoms with E-state index in [0.717, 1.165) is 42.3 Å². The van der Waals surface area contributed by atoms with Crippen molar-refractivity contribution in [2.75, 3.05) is 13.7 Å². The lowest BCUT2D eigenvalue weighted by molar-refractivity contribution is 0.402. The van der Waals surface area contributed by atoms with Crippen molar-refractivity contribution in [3.63, 3.8) is 0 Å². The van der Waals surface area contributed by atoms with E-state index in [9.17, 15) is 0 Å². The van der Waals surface area contributed by atoms with E-state index in [1.54, 1.807) is 7.11 Å². The summed E-state index contributed by atoms with van der Waals surface area (Å²) < 4.78 is 10.7. The number of para-hydroxylation sites is 1. The molecule has 96 valence electrons. The highest BCUT2D eigenvalue weighted by Crippen LogP contribution is 2.29. The van der Waals surface area contributed by atoms with E-state index in [-0.39, 0.29) is 0 Å². The zero-order valence-electron chi connectivity index (χ0n) is 10.8. The van der Waals surface area contributed by atoms with E-state index < -0.39 is 0 Å². The molecule has 1 N–H and O–H groups in total. The van der Waals surface area contributed by atoms with Crippen molar-refractivity contribution in [1.29, 1.82) is 0 Å². The molecular formula is C14H18N2O2. The SMILES string of the molecule is CCCNCc1cc(-c2ccccc2OC)on1. The predicted octanol–water partition coefficient (Wildman–Crippen LogP) is 2.85. The molecule has 0 fully saturated rings. The van der Waals surface area contributed by atoms with Crippen LogP contribution in [-0.4, -0.2) is 18.8 Å². The summed E-state index contributed by atoms with van der Waals surface area (Å²) in [5, 5.41) is 7.34. The number of benzene rings is 1. The van der Waals surface area contributed by atoms with Crippen LogP contribution in [0.4, 0.5) is 0 Å². The summed E-state index contributed by atoms with van der Waals surface area (Å²) in [6, 6.07) is 9.70. The third-order valence-electron chi connectivity index (χ3n) is 2.66. The highest BCUT2D eigenvalue weighted by molar-refractivity contribution is 5.65. The van der Waals surface area contributed by atoms with Gasteiger partial charge in [-0.2, -0.15) is 0 Å². The Bertz CT molecular complexity index is 494. The maximum absolute atomic E-state index is 5.35. The Morgan fingerprint density at radius 3 is 2.94 bits per heavy atom. The fourth-order valence-corrected chi connectivity index (χ4v) is 1.76. The van der Waals surface area contributed by atoms with Gasteiger partial charge in [-0.25, -0.2) is 0 Å². The highest BCUT2D eigenvalue weighted by Gasteiger charge is 2.10. The molecule has 0 spiro atoms. The van der Waals surface area contributed by atoms with Gasteiger partial charge in [0.15, 0.2) is 5.76 Å². The van der Waals surface area contributed by atoms with Crippen molar-refractivity contribution in [3.05, 3.63) is 36.0 Å². The fourth-order valence-electron chi connectivity index (χ4n) is 1.76. The van der Waals surface area contributed by atoms with E-state index in [2.05, 4.69) is 17.4 Å². The molecule has 1 aromatic carbocycles. The normalized spacial score (nSPS) is 10.6. The van der Waals surface area contributed by atoms with E-state index in [1.807, 2.05) is 30.3 Å². The van der Waals surface area contributed by atoms with Crippen LogP contribution in [0.2, 0.25) is 0 Å². The molecule has 18 heavy (non-hydrogen) atoms. The second kappa shape index (κ2) is 6.21. The smallest absolute Gasteiger partial charge is 0.170 e. The third-order valence-corrected chi connectivity index (χ3v) is 2.66. The molecule has 0 radical (unpaired) electrons. The van der Waals surface area contributed by atoms with Crippen LogP contribution >= 0.6 is 0 Å². The quantitative estimate of drug-likeness (QED) is 0.796. The first kappa shape index (κ1) is 12.6. The largest absolute Gasteiger partial charge is 0.496 e.